The fourth-order valence-electron chi connectivity index (χ4n) is 2.19. The summed E-state index contributed by atoms with van der Waals surface area (Å²) >= 11 is 0. The molecule has 0 radical (unpaired) electrons. The van der Waals surface area contributed by atoms with Gasteiger partial charge in [-0.15, -0.1) is 0 Å². The largest absolute Gasteiger partial charge is 0.373 e. The van der Waals surface area contributed by atoms with E-state index in [0.717, 1.165) is 30.4 Å². The van der Waals surface area contributed by atoms with Crippen LogP contribution in [-0.2, 0) is 6.42 Å². The standard InChI is InChI=1S/C16H20N4/c1-17-14-11-15(20-16(19-14)13-7-8-13)18-10-9-12-5-3-2-4-6-12/h2-6,11,13H,7-10H2,1H3,(H2,17,18,19,20). The smallest absolute Gasteiger partial charge is 0.136 e. The van der Waals surface area contributed by atoms with Crippen LogP contribution >= 0.6 is 0 Å². The zero-order valence-corrected chi connectivity index (χ0v) is 11.8. The number of hydrogen-bond donors (Lipinski definition) is 2. The van der Waals surface area contributed by atoms with E-state index in [1.807, 2.05) is 19.2 Å². The Balaban J connectivity index is 1.63. The summed E-state index contributed by atoms with van der Waals surface area (Å²) in [4.78, 5) is 9.13. The summed E-state index contributed by atoms with van der Waals surface area (Å²) < 4.78 is 0. The number of benzene rings is 1. The summed E-state index contributed by atoms with van der Waals surface area (Å²) in [6, 6.07) is 12.5. The maximum atomic E-state index is 4.61. The second-order valence-corrected chi connectivity index (χ2v) is 5.18. The summed E-state index contributed by atoms with van der Waals surface area (Å²) in [6.45, 7) is 0.883. The van der Waals surface area contributed by atoms with Crippen molar-refractivity contribution in [1.82, 2.24) is 9.97 Å². The molecule has 0 amide bonds. The van der Waals surface area contributed by atoms with Crippen LogP contribution in [0.15, 0.2) is 36.4 Å². The first-order valence-corrected chi connectivity index (χ1v) is 7.19. The molecule has 1 aliphatic rings. The van der Waals surface area contributed by atoms with E-state index >= 15 is 0 Å². The van der Waals surface area contributed by atoms with Gasteiger partial charge < -0.3 is 10.6 Å². The Morgan fingerprint density at radius 2 is 1.85 bits per heavy atom. The van der Waals surface area contributed by atoms with Crippen LogP contribution < -0.4 is 10.6 Å². The highest BCUT2D eigenvalue weighted by Crippen LogP contribution is 2.38. The molecule has 3 rings (SSSR count). The Morgan fingerprint density at radius 3 is 2.55 bits per heavy atom. The van der Waals surface area contributed by atoms with Gasteiger partial charge in [0, 0.05) is 25.6 Å². The molecule has 1 aromatic carbocycles. The fourth-order valence-corrected chi connectivity index (χ4v) is 2.19. The molecule has 1 aromatic heterocycles. The monoisotopic (exact) mass is 268 g/mol. The van der Waals surface area contributed by atoms with Crippen molar-refractivity contribution < 1.29 is 0 Å². The Bertz CT molecular complexity index is 564. The van der Waals surface area contributed by atoms with Crippen LogP contribution in [0.2, 0.25) is 0 Å². The molecule has 0 bridgehead atoms. The van der Waals surface area contributed by atoms with Gasteiger partial charge in [-0.1, -0.05) is 30.3 Å². The van der Waals surface area contributed by atoms with Crippen LogP contribution in [0.5, 0.6) is 0 Å². The van der Waals surface area contributed by atoms with Crippen molar-refractivity contribution in [3.63, 3.8) is 0 Å². The number of aromatic nitrogens is 2. The molecule has 0 atom stereocenters. The van der Waals surface area contributed by atoms with Gasteiger partial charge in [-0.05, 0) is 24.8 Å². The van der Waals surface area contributed by atoms with Gasteiger partial charge in [0.1, 0.15) is 17.5 Å². The molecule has 1 aliphatic carbocycles. The highest BCUT2D eigenvalue weighted by Gasteiger charge is 2.27. The predicted molar refractivity (Wildman–Crippen MR) is 82.2 cm³/mol. The molecule has 0 aliphatic heterocycles. The molecule has 0 spiro atoms. The van der Waals surface area contributed by atoms with Gasteiger partial charge in [0.25, 0.3) is 0 Å². The van der Waals surface area contributed by atoms with Crippen LogP contribution in [-0.4, -0.2) is 23.6 Å². The lowest BCUT2D eigenvalue weighted by atomic mass is 10.1. The van der Waals surface area contributed by atoms with Crippen LogP contribution in [0.4, 0.5) is 11.6 Å². The summed E-state index contributed by atoms with van der Waals surface area (Å²) in [6.07, 6.45) is 3.44. The molecule has 104 valence electrons. The summed E-state index contributed by atoms with van der Waals surface area (Å²) in [5, 5.41) is 6.51. The first-order chi connectivity index (χ1) is 9.85. The van der Waals surface area contributed by atoms with Crippen molar-refractivity contribution in [2.75, 3.05) is 24.2 Å². The lowest BCUT2D eigenvalue weighted by Crippen LogP contribution is -2.09. The average Bonchev–Trinajstić information content (AvgIpc) is 3.33. The lowest BCUT2D eigenvalue weighted by Gasteiger charge is -2.09. The maximum absolute atomic E-state index is 4.61. The Morgan fingerprint density at radius 1 is 1.10 bits per heavy atom. The molecule has 1 fully saturated rings. The zero-order chi connectivity index (χ0) is 13.8. The minimum Gasteiger partial charge on any atom is -0.373 e. The van der Waals surface area contributed by atoms with Crippen molar-refractivity contribution in [2.24, 2.45) is 0 Å². The third-order valence-corrected chi connectivity index (χ3v) is 3.50. The third kappa shape index (κ3) is 3.26. The first kappa shape index (κ1) is 12.9. The first-order valence-electron chi connectivity index (χ1n) is 7.19. The van der Waals surface area contributed by atoms with Crippen molar-refractivity contribution >= 4 is 11.6 Å². The molecule has 0 unspecified atom stereocenters. The second-order valence-electron chi connectivity index (χ2n) is 5.18. The molecular weight excluding hydrogens is 248 g/mol. The van der Waals surface area contributed by atoms with Crippen molar-refractivity contribution in [1.29, 1.82) is 0 Å². The van der Waals surface area contributed by atoms with Crippen LogP contribution in [0, 0.1) is 0 Å². The van der Waals surface area contributed by atoms with E-state index in [1.54, 1.807) is 0 Å². The van der Waals surface area contributed by atoms with Gasteiger partial charge in [0.05, 0.1) is 0 Å². The summed E-state index contributed by atoms with van der Waals surface area (Å²) in [5.74, 6) is 3.35. The Hall–Kier alpha value is -2.10. The van der Waals surface area contributed by atoms with Crippen molar-refractivity contribution in [3.8, 4) is 0 Å². The van der Waals surface area contributed by atoms with E-state index < -0.39 is 0 Å². The zero-order valence-electron chi connectivity index (χ0n) is 11.8. The molecular formula is C16H20N4. The quantitative estimate of drug-likeness (QED) is 0.845. The van der Waals surface area contributed by atoms with E-state index in [4.69, 9.17) is 0 Å². The van der Waals surface area contributed by atoms with Crippen LogP contribution in [0.1, 0.15) is 30.1 Å². The number of anilines is 2. The van der Waals surface area contributed by atoms with Gasteiger partial charge in [-0.25, -0.2) is 9.97 Å². The van der Waals surface area contributed by atoms with Gasteiger partial charge in [0.15, 0.2) is 0 Å². The highest BCUT2D eigenvalue weighted by molar-refractivity contribution is 5.48. The maximum Gasteiger partial charge on any atom is 0.136 e. The van der Waals surface area contributed by atoms with E-state index in [-0.39, 0.29) is 0 Å². The van der Waals surface area contributed by atoms with Crippen LogP contribution in [0.25, 0.3) is 0 Å². The van der Waals surface area contributed by atoms with Gasteiger partial charge in [-0.2, -0.15) is 0 Å². The second kappa shape index (κ2) is 5.90. The summed E-state index contributed by atoms with van der Waals surface area (Å²) in [5.41, 5.74) is 1.34. The van der Waals surface area contributed by atoms with Crippen molar-refractivity contribution in [3.05, 3.63) is 47.8 Å². The lowest BCUT2D eigenvalue weighted by molar-refractivity contribution is 0.916. The predicted octanol–water partition coefficient (Wildman–Crippen LogP) is 3.05. The van der Waals surface area contributed by atoms with Gasteiger partial charge >= 0.3 is 0 Å². The minimum atomic E-state index is 0.568. The third-order valence-electron chi connectivity index (χ3n) is 3.50. The Kier molecular flexibility index (Phi) is 3.81. The molecule has 1 heterocycles. The molecule has 2 aromatic rings. The van der Waals surface area contributed by atoms with E-state index in [9.17, 15) is 0 Å². The average molecular weight is 268 g/mol. The molecule has 4 heteroatoms. The number of nitrogens with one attached hydrogen (secondary N) is 2. The fraction of sp³-hybridized carbons (Fsp3) is 0.375. The SMILES string of the molecule is CNc1cc(NCCc2ccccc2)nc(C2CC2)n1. The molecule has 2 N–H and O–H groups in total. The highest BCUT2D eigenvalue weighted by atomic mass is 15.1. The van der Waals surface area contributed by atoms with Gasteiger partial charge in [0.2, 0.25) is 0 Å². The topological polar surface area (TPSA) is 49.8 Å². The number of nitrogens with zero attached hydrogens (tertiary/aromatic N) is 2. The summed E-state index contributed by atoms with van der Waals surface area (Å²) in [7, 11) is 1.90. The molecule has 0 saturated heterocycles. The van der Waals surface area contributed by atoms with E-state index in [2.05, 4.69) is 44.9 Å². The number of rotatable bonds is 6. The van der Waals surface area contributed by atoms with Crippen LogP contribution in [0.3, 0.4) is 0 Å². The van der Waals surface area contributed by atoms with Gasteiger partial charge in [-0.3, -0.25) is 0 Å². The molecule has 20 heavy (non-hydrogen) atoms. The van der Waals surface area contributed by atoms with E-state index in [0.29, 0.717) is 5.92 Å². The minimum absolute atomic E-state index is 0.568. The normalized spacial score (nSPS) is 14.1. The number of hydrogen-bond acceptors (Lipinski definition) is 4. The van der Waals surface area contributed by atoms with E-state index in [1.165, 1.54) is 18.4 Å². The molecule has 1 saturated carbocycles. The van der Waals surface area contributed by atoms with Crippen molar-refractivity contribution in [2.45, 2.75) is 25.2 Å². The molecule has 4 nitrogen and oxygen atoms in total. The Labute approximate surface area is 119 Å².